The first kappa shape index (κ1) is 22.2. The Morgan fingerprint density at radius 2 is 1.81 bits per heavy atom. The van der Waals surface area contributed by atoms with Gasteiger partial charge < -0.3 is 19.0 Å². The fourth-order valence-corrected chi connectivity index (χ4v) is 3.38. The molecule has 1 N–H and O–H groups in total. The van der Waals surface area contributed by atoms with Crippen molar-refractivity contribution in [1.82, 2.24) is 4.98 Å². The Morgan fingerprint density at radius 1 is 1.13 bits per heavy atom. The Labute approximate surface area is 182 Å². The summed E-state index contributed by atoms with van der Waals surface area (Å²) in [6.45, 7) is 8.29. The number of carboxylic acid groups (broad SMARTS) is 1. The maximum absolute atomic E-state index is 11.3. The van der Waals surface area contributed by atoms with E-state index in [4.69, 9.17) is 13.9 Å². The Kier molecular flexibility index (Phi) is 7.13. The molecule has 0 spiro atoms. The average molecular weight is 421 g/mol. The van der Waals surface area contributed by atoms with Gasteiger partial charge in [-0.25, -0.2) is 9.78 Å². The van der Waals surface area contributed by atoms with Gasteiger partial charge >= 0.3 is 5.97 Å². The van der Waals surface area contributed by atoms with Crippen LogP contribution < -0.4 is 4.74 Å². The molecule has 0 saturated heterocycles. The van der Waals surface area contributed by atoms with Crippen LogP contribution in [0.25, 0.3) is 17.5 Å². The van der Waals surface area contributed by atoms with Gasteiger partial charge in [0.05, 0.1) is 18.9 Å². The van der Waals surface area contributed by atoms with Gasteiger partial charge in [0.25, 0.3) is 0 Å². The number of carboxylic acids is 1. The molecule has 0 unspecified atom stereocenters. The second kappa shape index (κ2) is 9.98. The molecule has 0 bridgehead atoms. The number of rotatable bonds is 9. The van der Waals surface area contributed by atoms with Gasteiger partial charge in [-0.05, 0) is 74.7 Å². The van der Waals surface area contributed by atoms with Crippen molar-refractivity contribution in [3.63, 3.8) is 0 Å². The van der Waals surface area contributed by atoms with Gasteiger partial charge in [-0.3, -0.25) is 0 Å². The van der Waals surface area contributed by atoms with E-state index in [0.717, 1.165) is 39.5 Å². The van der Waals surface area contributed by atoms with E-state index in [0.29, 0.717) is 25.5 Å². The van der Waals surface area contributed by atoms with Crippen LogP contribution in [-0.4, -0.2) is 29.3 Å². The van der Waals surface area contributed by atoms with Crippen LogP contribution in [0.5, 0.6) is 5.75 Å². The number of aliphatic carboxylic acids is 1. The molecule has 3 aromatic rings. The lowest BCUT2D eigenvalue weighted by Crippen LogP contribution is -2.06. The highest BCUT2D eigenvalue weighted by molar-refractivity contribution is 5.90. The van der Waals surface area contributed by atoms with Crippen LogP contribution >= 0.6 is 0 Å². The summed E-state index contributed by atoms with van der Waals surface area (Å²) in [7, 11) is 0. The van der Waals surface area contributed by atoms with Crippen molar-refractivity contribution in [1.29, 1.82) is 0 Å². The third-order valence-corrected chi connectivity index (χ3v) is 4.79. The summed E-state index contributed by atoms with van der Waals surface area (Å²) in [6, 6.07) is 13.6. The number of benzene rings is 2. The first-order valence-corrected chi connectivity index (χ1v) is 10.2. The van der Waals surface area contributed by atoms with Crippen molar-refractivity contribution in [2.24, 2.45) is 0 Å². The molecule has 1 aromatic heterocycles. The van der Waals surface area contributed by atoms with Crippen molar-refractivity contribution >= 4 is 12.0 Å². The summed E-state index contributed by atoms with van der Waals surface area (Å²) in [5, 5.41) is 9.25. The Balaban J connectivity index is 1.69. The zero-order chi connectivity index (χ0) is 22.4. The molecule has 0 saturated carbocycles. The highest BCUT2D eigenvalue weighted by Gasteiger charge is 2.13. The summed E-state index contributed by atoms with van der Waals surface area (Å²) in [5.74, 6) is 1.02. The van der Waals surface area contributed by atoms with E-state index in [2.05, 4.69) is 4.98 Å². The van der Waals surface area contributed by atoms with E-state index in [1.807, 2.05) is 63.2 Å². The largest absolute Gasteiger partial charge is 0.493 e. The lowest BCUT2D eigenvalue weighted by atomic mass is 10.0. The molecular formula is C25H27NO5. The zero-order valence-electron chi connectivity index (χ0n) is 18.3. The number of aromatic nitrogens is 1. The summed E-state index contributed by atoms with van der Waals surface area (Å²) in [6.07, 6.45) is 2.15. The molecule has 0 aliphatic carbocycles. The number of carbonyl (C=O) groups is 1. The molecule has 0 atom stereocenters. The molecule has 3 rings (SSSR count). The average Bonchev–Trinajstić information content (AvgIpc) is 3.11. The minimum absolute atomic E-state index is 0.0781. The second-order valence-corrected chi connectivity index (χ2v) is 7.22. The van der Waals surface area contributed by atoms with Crippen LogP contribution in [0.3, 0.4) is 0 Å². The number of nitrogens with zero attached hydrogens (tertiary/aromatic N) is 1. The highest BCUT2D eigenvalue weighted by atomic mass is 16.5. The standard InChI is InChI=1S/C25H27NO5/c1-5-29-22(25(27)28)15-19-13-16(2)23(17(3)14-19)30-12-11-21-18(4)31-24(26-21)20-9-7-6-8-10-20/h6-10,13-15H,5,11-12H2,1-4H3,(H,27,28)/b22-15-. The number of oxazole rings is 1. The zero-order valence-corrected chi connectivity index (χ0v) is 18.3. The molecule has 6 heteroatoms. The van der Waals surface area contributed by atoms with E-state index >= 15 is 0 Å². The topological polar surface area (TPSA) is 81.8 Å². The highest BCUT2D eigenvalue weighted by Crippen LogP contribution is 2.27. The summed E-state index contributed by atoms with van der Waals surface area (Å²) in [5.41, 5.74) is 4.43. The minimum atomic E-state index is -1.09. The van der Waals surface area contributed by atoms with E-state index in [1.54, 1.807) is 6.92 Å². The molecule has 0 radical (unpaired) electrons. The fourth-order valence-electron chi connectivity index (χ4n) is 3.38. The van der Waals surface area contributed by atoms with Crippen molar-refractivity contribution in [3.05, 3.63) is 76.4 Å². The quantitative estimate of drug-likeness (QED) is 0.370. The Bertz CT molecular complexity index is 1060. The van der Waals surface area contributed by atoms with Crippen LogP contribution in [-0.2, 0) is 16.0 Å². The monoisotopic (exact) mass is 421 g/mol. The molecule has 162 valence electrons. The first-order chi connectivity index (χ1) is 14.9. The van der Waals surface area contributed by atoms with E-state index < -0.39 is 5.97 Å². The minimum Gasteiger partial charge on any atom is -0.493 e. The van der Waals surface area contributed by atoms with Crippen molar-refractivity contribution in [2.45, 2.75) is 34.1 Å². The maximum atomic E-state index is 11.3. The van der Waals surface area contributed by atoms with Gasteiger partial charge in [0.1, 0.15) is 11.5 Å². The predicted molar refractivity (Wildman–Crippen MR) is 119 cm³/mol. The Hall–Kier alpha value is -3.54. The summed E-state index contributed by atoms with van der Waals surface area (Å²) >= 11 is 0. The van der Waals surface area contributed by atoms with Crippen LogP contribution in [0.2, 0.25) is 0 Å². The lowest BCUT2D eigenvalue weighted by Gasteiger charge is -2.13. The normalized spacial score (nSPS) is 11.4. The molecule has 31 heavy (non-hydrogen) atoms. The van der Waals surface area contributed by atoms with Gasteiger partial charge in [0.15, 0.2) is 0 Å². The second-order valence-electron chi connectivity index (χ2n) is 7.22. The van der Waals surface area contributed by atoms with Crippen LogP contribution in [0.15, 0.2) is 52.6 Å². The number of aryl methyl sites for hydroxylation is 3. The van der Waals surface area contributed by atoms with Crippen molar-refractivity contribution < 1.29 is 23.8 Å². The Morgan fingerprint density at radius 3 is 2.42 bits per heavy atom. The van der Waals surface area contributed by atoms with Crippen LogP contribution in [0.4, 0.5) is 0 Å². The fraction of sp³-hybridized carbons (Fsp3) is 0.280. The van der Waals surface area contributed by atoms with E-state index in [1.165, 1.54) is 6.08 Å². The molecule has 1 heterocycles. The van der Waals surface area contributed by atoms with Gasteiger partial charge in [-0.2, -0.15) is 0 Å². The van der Waals surface area contributed by atoms with E-state index in [-0.39, 0.29) is 5.76 Å². The number of ether oxygens (including phenoxy) is 2. The van der Waals surface area contributed by atoms with Gasteiger partial charge in [-0.1, -0.05) is 18.2 Å². The van der Waals surface area contributed by atoms with Gasteiger partial charge in [-0.15, -0.1) is 0 Å². The smallest absolute Gasteiger partial charge is 0.371 e. The molecule has 2 aromatic carbocycles. The SMILES string of the molecule is CCO/C(=C\c1cc(C)c(OCCc2nc(-c3ccccc3)oc2C)c(C)c1)C(=O)O. The molecule has 6 nitrogen and oxygen atoms in total. The van der Waals surface area contributed by atoms with Gasteiger partial charge in [0, 0.05) is 12.0 Å². The molecule has 0 amide bonds. The van der Waals surface area contributed by atoms with Crippen molar-refractivity contribution in [2.75, 3.05) is 13.2 Å². The number of hydrogen-bond acceptors (Lipinski definition) is 5. The first-order valence-electron chi connectivity index (χ1n) is 10.2. The van der Waals surface area contributed by atoms with Gasteiger partial charge in [0.2, 0.25) is 11.6 Å². The van der Waals surface area contributed by atoms with E-state index in [9.17, 15) is 9.90 Å². The summed E-state index contributed by atoms with van der Waals surface area (Å²) < 4.78 is 17.0. The molecule has 0 aliphatic rings. The summed E-state index contributed by atoms with van der Waals surface area (Å²) in [4.78, 5) is 15.9. The predicted octanol–water partition coefficient (Wildman–Crippen LogP) is 5.35. The molecule has 0 fully saturated rings. The van der Waals surface area contributed by atoms with Crippen LogP contribution in [0.1, 0.15) is 35.1 Å². The third-order valence-electron chi connectivity index (χ3n) is 4.79. The van der Waals surface area contributed by atoms with Crippen molar-refractivity contribution in [3.8, 4) is 17.2 Å². The lowest BCUT2D eigenvalue weighted by molar-refractivity contribution is -0.136. The maximum Gasteiger partial charge on any atom is 0.371 e. The molecule has 0 aliphatic heterocycles. The third kappa shape index (κ3) is 5.54. The van der Waals surface area contributed by atoms with Crippen LogP contribution in [0, 0.1) is 20.8 Å². The molecular weight excluding hydrogens is 394 g/mol. The number of hydrogen-bond donors (Lipinski definition) is 1.